The summed E-state index contributed by atoms with van der Waals surface area (Å²) in [6.45, 7) is 2.69. The van der Waals surface area contributed by atoms with Gasteiger partial charge < -0.3 is 19.5 Å². The quantitative estimate of drug-likeness (QED) is 0.734. The smallest absolute Gasteiger partial charge is 0.170 e. The Morgan fingerprint density at radius 3 is 2.40 bits per heavy atom. The number of halogens is 1. The largest absolute Gasteiger partial charge is 0.389 e. The fourth-order valence-corrected chi connectivity index (χ4v) is 2.21. The van der Waals surface area contributed by atoms with Gasteiger partial charge in [0.15, 0.2) is 5.79 Å². The van der Waals surface area contributed by atoms with Gasteiger partial charge in [0, 0.05) is 32.5 Å². The third-order valence-electron chi connectivity index (χ3n) is 3.08. The Kier molecular flexibility index (Phi) is 3.56. The zero-order valence-electron chi connectivity index (χ0n) is 8.82. The second-order valence-electron chi connectivity index (χ2n) is 4.22. The van der Waals surface area contributed by atoms with Crippen LogP contribution in [0.2, 0.25) is 0 Å². The Balaban J connectivity index is 1.76. The number of hydrogen-bond donors (Lipinski definition) is 1. The van der Waals surface area contributed by atoms with Crippen molar-refractivity contribution in [2.24, 2.45) is 0 Å². The normalized spacial score (nSPS) is 28.4. The van der Waals surface area contributed by atoms with Crippen molar-refractivity contribution in [3.05, 3.63) is 0 Å². The molecule has 2 aliphatic rings. The molecule has 0 amide bonds. The molecule has 1 atom stereocenters. The lowest BCUT2D eigenvalue weighted by Crippen LogP contribution is -2.47. The molecule has 2 heterocycles. The summed E-state index contributed by atoms with van der Waals surface area (Å²) in [6.07, 6.45) is 0.766. The first-order valence-corrected chi connectivity index (χ1v) is 5.48. The second kappa shape index (κ2) is 4.74. The van der Waals surface area contributed by atoms with Gasteiger partial charge in [0.2, 0.25) is 0 Å². The first-order chi connectivity index (χ1) is 7.24. The van der Waals surface area contributed by atoms with E-state index >= 15 is 0 Å². The lowest BCUT2D eigenvalue weighted by atomic mass is 10.0. The Hall–Kier alpha value is -0.230. The first-order valence-electron chi connectivity index (χ1n) is 5.48. The van der Waals surface area contributed by atoms with Gasteiger partial charge >= 0.3 is 0 Å². The highest BCUT2D eigenvalue weighted by Crippen LogP contribution is 2.31. The number of ether oxygens (including phenoxy) is 2. The maximum Gasteiger partial charge on any atom is 0.170 e. The second-order valence-corrected chi connectivity index (χ2v) is 4.22. The first kappa shape index (κ1) is 11.3. The fraction of sp³-hybridized carbons (Fsp3) is 1.00. The zero-order chi connectivity index (χ0) is 10.7. The molecule has 0 bridgehead atoms. The van der Waals surface area contributed by atoms with Crippen LogP contribution in [0.25, 0.3) is 0 Å². The highest BCUT2D eigenvalue weighted by atomic mass is 19.1. The molecule has 2 saturated heterocycles. The number of hydrogen-bond acceptors (Lipinski definition) is 4. The van der Waals surface area contributed by atoms with E-state index in [9.17, 15) is 9.50 Å². The van der Waals surface area contributed by atoms with Gasteiger partial charge in [-0.1, -0.05) is 0 Å². The monoisotopic (exact) mass is 219 g/mol. The maximum atomic E-state index is 12.1. The molecule has 0 radical (unpaired) electrons. The van der Waals surface area contributed by atoms with E-state index in [1.54, 1.807) is 0 Å². The molecule has 2 fully saturated rings. The van der Waals surface area contributed by atoms with E-state index in [0.717, 1.165) is 25.9 Å². The topological polar surface area (TPSA) is 41.9 Å². The van der Waals surface area contributed by atoms with Crippen LogP contribution >= 0.6 is 0 Å². The minimum absolute atomic E-state index is 0.378. The third kappa shape index (κ3) is 2.66. The van der Waals surface area contributed by atoms with Crippen molar-refractivity contribution in [2.45, 2.75) is 24.7 Å². The molecule has 0 aromatic carbocycles. The summed E-state index contributed by atoms with van der Waals surface area (Å²) in [6, 6.07) is 0. The number of rotatable bonds is 3. The van der Waals surface area contributed by atoms with Crippen molar-refractivity contribution in [3.63, 3.8) is 0 Å². The average molecular weight is 219 g/mol. The summed E-state index contributed by atoms with van der Waals surface area (Å²) in [5, 5.41) is 9.19. The highest BCUT2D eigenvalue weighted by Gasteiger charge is 2.39. The molecule has 88 valence electrons. The molecule has 0 aliphatic carbocycles. The Morgan fingerprint density at radius 1 is 1.27 bits per heavy atom. The van der Waals surface area contributed by atoms with Gasteiger partial charge in [0.1, 0.15) is 6.67 Å². The molecule has 1 unspecified atom stereocenters. The molecule has 1 spiro atoms. The average Bonchev–Trinajstić information content (AvgIpc) is 2.70. The van der Waals surface area contributed by atoms with Crippen LogP contribution in [0, 0.1) is 0 Å². The van der Waals surface area contributed by atoms with Gasteiger partial charge in [-0.2, -0.15) is 0 Å². The molecule has 2 rings (SSSR count). The van der Waals surface area contributed by atoms with Gasteiger partial charge in [-0.25, -0.2) is 4.39 Å². The number of aliphatic hydroxyl groups is 1. The number of aliphatic hydroxyl groups excluding tert-OH is 1. The van der Waals surface area contributed by atoms with Crippen LogP contribution in [-0.4, -0.2) is 61.4 Å². The van der Waals surface area contributed by atoms with Crippen molar-refractivity contribution in [2.75, 3.05) is 39.5 Å². The van der Waals surface area contributed by atoms with E-state index in [0.29, 0.717) is 19.8 Å². The summed E-state index contributed by atoms with van der Waals surface area (Å²) < 4.78 is 23.3. The molecule has 2 aliphatic heterocycles. The summed E-state index contributed by atoms with van der Waals surface area (Å²) in [7, 11) is 0. The minimum atomic E-state index is -0.857. The standard InChI is InChI=1S/C10H18FNO3/c11-7-9(13)8-12-3-1-10(2-4-12)14-5-6-15-10/h9,13H,1-8H2. The van der Waals surface area contributed by atoms with Crippen LogP contribution in [-0.2, 0) is 9.47 Å². The number of alkyl halides is 1. The van der Waals surface area contributed by atoms with Gasteiger partial charge in [-0.05, 0) is 0 Å². The van der Waals surface area contributed by atoms with Gasteiger partial charge in [-0.3, -0.25) is 0 Å². The van der Waals surface area contributed by atoms with Gasteiger partial charge in [0.25, 0.3) is 0 Å². The van der Waals surface area contributed by atoms with Crippen LogP contribution in [0.3, 0.4) is 0 Å². The summed E-state index contributed by atoms with van der Waals surface area (Å²) in [4.78, 5) is 2.06. The Labute approximate surface area is 89.0 Å². The molecular weight excluding hydrogens is 201 g/mol. The van der Waals surface area contributed by atoms with Crippen molar-refractivity contribution in [1.82, 2.24) is 4.90 Å². The molecule has 0 aromatic rings. The van der Waals surface area contributed by atoms with Crippen molar-refractivity contribution in [3.8, 4) is 0 Å². The summed E-state index contributed by atoms with van der Waals surface area (Å²) in [5.74, 6) is -0.378. The Morgan fingerprint density at radius 2 is 1.87 bits per heavy atom. The van der Waals surface area contributed by atoms with Gasteiger partial charge in [-0.15, -0.1) is 0 Å². The number of piperidine rings is 1. The summed E-state index contributed by atoms with van der Waals surface area (Å²) in [5.41, 5.74) is 0. The van der Waals surface area contributed by atoms with E-state index in [2.05, 4.69) is 4.90 Å². The van der Waals surface area contributed by atoms with Crippen LogP contribution in [0.15, 0.2) is 0 Å². The SMILES string of the molecule is OC(CF)CN1CCC2(CC1)OCCO2. The molecule has 15 heavy (non-hydrogen) atoms. The lowest BCUT2D eigenvalue weighted by molar-refractivity contribution is -0.186. The van der Waals surface area contributed by atoms with E-state index in [-0.39, 0.29) is 5.79 Å². The molecule has 1 N–H and O–H groups in total. The predicted octanol–water partition coefficient (Wildman–Crippen LogP) is 0.156. The van der Waals surface area contributed by atoms with Crippen LogP contribution in [0.5, 0.6) is 0 Å². The number of nitrogens with zero attached hydrogens (tertiary/aromatic N) is 1. The van der Waals surface area contributed by atoms with Crippen molar-refractivity contribution < 1.29 is 19.0 Å². The highest BCUT2D eigenvalue weighted by molar-refractivity contribution is 4.83. The van der Waals surface area contributed by atoms with Crippen LogP contribution in [0.1, 0.15) is 12.8 Å². The van der Waals surface area contributed by atoms with Crippen molar-refractivity contribution in [1.29, 1.82) is 0 Å². The predicted molar refractivity (Wildman–Crippen MR) is 52.3 cm³/mol. The fourth-order valence-electron chi connectivity index (χ4n) is 2.21. The number of β-amino-alcohol motifs (C(OH)–C–C–N with tert-alkyl or cyclic N) is 1. The lowest BCUT2D eigenvalue weighted by Gasteiger charge is -2.38. The summed E-state index contributed by atoms with van der Waals surface area (Å²) >= 11 is 0. The number of likely N-dealkylation sites (tertiary alicyclic amines) is 1. The molecule has 4 nitrogen and oxygen atoms in total. The maximum absolute atomic E-state index is 12.1. The zero-order valence-corrected chi connectivity index (χ0v) is 8.82. The van der Waals surface area contributed by atoms with Gasteiger partial charge in [0.05, 0.1) is 19.3 Å². The molecular formula is C10H18FNO3. The van der Waals surface area contributed by atoms with E-state index in [4.69, 9.17) is 9.47 Å². The molecule has 0 saturated carbocycles. The van der Waals surface area contributed by atoms with E-state index in [1.165, 1.54) is 0 Å². The Bertz CT molecular complexity index is 199. The minimum Gasteiger partial charge on any atom is -0.389 e. The van der Waals surface area contributed by atoms with Crippen LogP contribution in [0.4, 0.5) is 4.39 Å². The van der Waals surface area contributed by atoms with Crippen LogP contribution < -0.4 is 0 Å². The molecule has 0 aromatic heterocycles. The third-order valence-corrected chi connectivity index (χ3v) is 3.08. The molecule has 5 heteroatoms. The van der Waals surface area contributed by atoms with Crippen molar-refractivity contribution >= 4 is 0 Å². The van der Waals surface area contributed by atoms with E-state index in [1.807, 2.05) is 0 Å². The van der Waals surface area contributed by atoms with E-state index < -0.39 is 12.8 Å².